The number of benzene rings is 1. The lowest BCUT2D eigenvalue weighted by atomic mass is 9.98. The standard InChI is InChI=1S/C19H25ClFN3O3/c1-2-27-19(26)24-15-4-5-16(24)11-14(10-15)22-7-8-23(12-25)18-6-3-13(21)9-17(18)20/h3,6,9,12,14-16,22H,2,4-5,7-8,10-11H2,1H3. The van der Waals surface area contributed by atoms with Crippen molar-refractivity contribution in [3.05, 3.63) is 29.0 Å². The number of nitrogens with one attached hydrogen (secondary N) is 1. The van der Waals surface area contributed by atoms with Gasteiger partial charge < -0.3 is 19.9 Å². The number of rotatable bonds is 7. The van der Waals surface area contributed by atoms with Gasteiger partial charge in [0.15, 0.2) is 0 Å². The Hall–Kier alpha value is -1.86. The molecule has 27 heavy (non-hydrogen) atoms. The van der Waals surface area contributed by atoms with Crippen LogP contribution in [0.4, 0.5) is 14.9 Å². The third-order valence-corrected chi connectivity index (χ3v) is 5.65. The smallest absolute Gasteiger partial charge is 0.410 e. The molecule has 2 bridgehead atoms. The molecule has 8 heteroatoms. The van der Waals surface area contributed by atoms with E-state index < -0.39 is 5.82 Å². The summed E-state index contributed by atoms with van der Waals surface area (Å²) >= 11 is 6.04. The fraction of sp³-hybridized carbons (Fsp3) is 0.579. The lowest BCUT2D eigenvalue weighted by molar-refractivity contribution is -0.107. The molecular formula is C19H25ClFN3O3. The van der Waals surface area contributed by atoms with Gasteiger partial charge in [0, 0.05) is 31.2 Å². The zero-order valence-corrected chi connectivity index (χ0v) is 16.1. The first kappa shape index (κ1) is 19.9. The van der Waals surface area contributed by atoms with Crippen LogP contribution in [0, 0.1) is 5.82 Å². The first-order chi connectivity index (χ1) is 13.0. The van der Waals surface area contributed by atoms with Crippen LogP contribution in [0.2, 0.25) is 5.02 Å². The van der Waals surface area contributed by atoms with Crippen molar-refractivity contribution in [2.75, 3.05) is 24.6 Å². The molecule has 2 atom stereocenters. The van der Waals surface area contributed by atoms with E-state index in [1.165, 1.54) is 23.1 Å². The van der Waals surface area contributed by atoms with Crippen molar-refractivity contribution in [1.82, 2.24) is 10.2 Å². The third kappa shape index (κ3) is 4.52. The summed E-state index contributed by atoms with van der Waals surface area (Å²) in [7, 11) is 0. The van der Waals surface area contributed by atoms with E-state index in [0.29, 0.717) is 37.8 Å². The van der Waals surface area contributed by atoms with Gasteiger partial charge in [0.1, 0.15) is 5.82 Å². The summed E-state index contributed by atoms with van der Waals surface area (Å²) in [6.07, 6.45) is 4.28. The predicted octanol–water partition coefficient (Wildman–Crippen LogP) is 3.18. The average molecular weight is 398 g/mol. The quantitative estimate of drug-likeness (QED) is 0.718. The van der Waals surface area contributed by atoms with E-state index in [-0.39, 0.29) is 23.2 Å². The molecule has 2 aliphatic rings. The van der Waals surface area contributed by atoms with Crippen molar-refractivity contribution in [3.8, 4) is 0 Å². The molecule has 2 heterocycles. The maximum atomic E-state index is 13.2. The first-order valence-electron chi connectivity index (χ1n) is 9.39. The Morgan fingerprint density at radius 1 is 1.41 bits per heavy atom. The Morgan fingerprint density at radius 3 is 2.70 bits per heavy atom. The number of nitrogens with zero attached hydrogens (tertiary/aromatic N) is 2. The molecular weight excluding hydrogens is 373 g/mol. The summed E-state index contributed by atoms with van der Waals surface area (Å²) in [5.74, 6) is -0.434. The van der Waals surface area contributed by atoms with E-state index in [1.807, 2.05) is 11.8 Å². The van der Waals surface area contributed by atoms with Crippen molar-refractivity contribution in [2.45, 2.75) is 50.7 Å². The second kappa shape index (κ2) is 8.89. The van der Waals surface area contributed by atoms with Crippen molar-refractivity contribution < 1.29 is 18.7 Å². The third-order valence-electron chi connectivity index (χ3n) is 5.34. The van der Waals surface area contributed by atoms with Crippen LogP contribution in [0.3, 0.4) is 0 Å². The number of amides is 2. The fourth-order valence-electron chi connectivity index (χ4n) is 4.17. The van der Waals surface area contributed by atoms with E-state index in [9.17, 15) is 14.0 Å². The van der Waals surface area contributed by atoms with Crippen LogP contribution in [-0.2, 0) is 9.53 Å². The number of halogens is 2. The SMILES string of the molecule is CCOC(=O)N1C2CCC1CC(NCCN(C=O)c1ccc(F)cc1Cl)C2. The minimum absolute atomic E-state index is 0.207. The molecule has 3 rings (SSSR count). The second-order valence-corrected chi connectivity index (χ2v) is 7.42. The minimum atomic E-state index is -0.434. The molecule has 0 saturated carbocycles. The molecule has 2 saturated heterocycles. The summed E-state index contributed by atoms with van der Waals surface area (Å²) in [5, 5.41) is 3.69. The highest BCUT2D eigenvalue weighted by Crippen LogP contribution is 2.36. The summed E-state index contributed by atoms with van der Waals surface area (Å²) in [5.41, 5.74) is 0.493. The molecule has 0 aliphatic carbocycles. The van der Waals surface area contributed by atoms with E-state index >= 15 is 0 Å². The van der Waals surface area contributed by atoms with Gasteiger partial charge in [0.25, 0.3) is 0 Å². The number of carbonyl (C=O) groups is 2. The second-order valence-electron chi connectivity index (χ2n) is 7.01. The highest BCUT2D eigenvalue weighted by atomic mass is 35.5. The number of carbonyl (C=O) groups excluding carboxylic acids is 2. The molecule has 2 aliphatic heterocycles. The Morgan fingerprint density at radius 2 is 2.11 bits per heavy atom. The van der Waals surface area contributed by atoms with Crippen LogP contribution in [0.15, 0.2) is 18.2 Å². The Bertz CT molecular complexity index is 676. The van der Waals surface area contributed by atoms with Crippen molar-refractivity contribution >= 4 is 29.8 Å². The van der Waals surface area contributed by atoms with Crippen LogP contribution < -0.4 is 10.2 Å². The van der Waals surface area contributed by atoms with E-state index in [0.717, 1.165) is 25.7 Å². The predicted molar refractivity (Wildman–Crippen MR) is 102 cm³/mol. The number of ether oxygens (including phenoxy) is 1. The molecule has 148 valence electrons. The minimum Gasteiger partial charge on any atom is -0.450 e. The van der Waals surface area contributed by atoms with Gasteiger partial charge in [0.05, 0.1) is 17.3 Å². The molecule has 2 amide bonds. The molecule has 1 aromatic carbocycles. The van der Waals surface area contributed by atoms with Gasteiger partial charge in [-0.3, -0.25) is 4.79 Å². The normalized spacial score (nSPS) is 24.0. The zero-order valence-electron chi connectivity index (χ0n) is 15.4. The number of hydrogen-bond acceptors (Lipinski definition) is 4. The topological polar surface area (TPSA) is 61.9 Å². The number of fused-ring (bicyclic) bond motifs is 2. The maximum absolute atomic E-state index is 13.2. The fourth-order valence-corrected chi connectivity index (χ4v) is 4.45. The molecule has 1 aromatic rings. The van der Waals surface area contributed by atoms with Crippen molar-refractivity contribution in [3.63, 3.8) is 0 Å². The molecule has 1 N–H and O–H groups in total. The molecule has 2 unspecified atom stereocenters. The lowest BCUT2D eigenvalue weighted by Crippen LogP contribution is -2.52. The number of hydrogen-bond donors (Lipinski definition) is 1. The highest BCUT2D eigenvalue weighted by molar-refractivity contribution is 6.33. The highest BCUT2D eigenvalue weighted by Gasteiger charge is 2.43. The van der Waals surface area contributed by atoms with Crippen molar-refractivity contribution in [2.24, 2.45) is 0 Å². The maximum Gasteiger partial charge on any atom is 0.410 e. The summed E-state index contributed by atoms with van der Waals surface area (Å²) in [6.45, 7) is 3.24. The lowest BCUT2D eigenvalue weighted by Gasteiger charge is -2.38. The molecule has 0 spiro atoms. The molecule has 0 aromatic heterocycles. The summed E-state index contributed by atoms with van der Waals surface area (Å²) in [6, 6.07) is 4.72. The largest absolute Gasteiger partial charge is 0.450 e. The van der Waals surface area contributed by atoms with E-state index in [1.54, 1.807) is 0 Å². The van der Waals surface area contributed by atoms with Crippen LogP contribution in [0.5, 0.6) is 0 Å². The van der Waals surface area contributed by atoms with Gasteiger partial charge in [0.2, 0.25) is 6.41 Å². The monoisotopic (exact) mass is 397 g/mol. The van der Waals surface area contributed by atoms with Gasteiger partial charge in [-0.1, -0.05) is 11.6 Å². The number of piperidine rings is 1. The zero-order chi connectivity index (χ0) is 19.4. The summed E-state index contributed by atoms with van der Waals surface area (Å²) < 4.78 is 18.4. The van der Waals surface area contributed by atoms with Crippen LogP contribution in [0.1, 0.15) is 32.6 Å². The Kier molecular flexibility index (Phi) is 6.55. The van der Waals surface area contributed by atoms with Crippen molar-refractivity contribution in [1.29, 1.82) is 0 Å². The first-order valence-corrected chi connectivity index (χ1v) is 9.76. The molecule has 0 radical (unpaired) electrons. The number of anilines is 1. The van der Waals surface area contributed by atoms with Gasteiger partial charge in [-0.05, 0) is 50.8 Å². The Balaban J connectivity index is 1.51. The Labute approximate surface area is 163 Å². The molecule has 6 nitrogen and oxygen atoms in total. The summed E-state index contributed by atoms with van der Waals surface area (Å²) in [4.78, 5) is 26.9. The van der Waals surface area contributed by atoms with Gasteiger partial charge >= 0.3 is 6.09 Å². The average Bonchev–Trinajstić information content (AvgIpc) is 2.90. The van der Waals surface area contributed by atoms with Gasteiger partial charge in [-0.2, -0.15) is 0 Å². The molecule has 2 fully saturated rings. The van der Waals surface area contributed by atoms with Crippen LogP contribution in [-0.4, -0.2) is 55.2 Å². The van der Waals surface area contributed by atoms with Crippen LogP contribution >= 0.6 is 11.6 Å². The van der Waals surface area contributed by atoms with Gasteiger partial charge in [-0.15, -0.1) is 0 Å². The van der Waals surface area contributed by atoms with Crippen LogP contribution in [0.25, 0.3) is 0 Å². The van der Waals surface area contributed by atoms with E-state index in [2.05, 4.69) is 5.32 Å². The van der Waals surface area contributed by atoms with E-state index in [4.69, 9.17) is 16.3 Å². The van der Waals surface area contributed by atoms with Gasteiger partial charge in [-0.25, -0.2) is 9.18 Å².